The number of phenolic OH excluding ortho intramolecular Hbond substituents is 1. The van der Waals surface area contributed by atoms with Crippen molar-refractivity contribution in [3.63, 3.8) is 0 Å². The summed E-state index contributed by atoms with van der Waals surface area (Å²) in [6.45, 7) is 3.98. The molecule has 0 aliphatic rings. The van der Waals surface area contributed by atoms with Crippen LogP contribution in [0.4, 0.5) is 0 Å². The van der Waals surface area contributed by atoms with Crippen LogP contribution in [-0.2, 0) is 4.79 Å². The smallest absolute Gasteiger partial charge is 0.277 e. The highest BCUT2D eigenvalue weighted by Crippen LogP contribution is 2.28. The maximum absolute atomic E-state index is 11.9. The average Bonchev–Trinajstić information content (AvgIpc) is 2.61. The quantitative estimate of drug-likeness (QED) is 0.599. The van der Waals surface area contributed by atoms with Crippen molar-refractivity contribution in [3.8, 4) is 17.2 Å². The molecule has 0 aliphatic carbocycles. The molecule has 25 heavy (non-hydrogen) atoms. The second kappa shape index (κ2) is 8.73. The van der Waals surface area contributed by atoms with Crippen molar-refractivity contribution in [1.29, 1.82) is 0 Å². The fraction of sp³-hybridized carbons (Fsp3) is 0.263. The summed E-state index contributed by atoms with van der Waals surface area (Å²) in [7, 11) is 1.46. The first-order chi connectivity index (χ1) is 12.0. The molecule has 0 unspecified atom stereocenters. The number of aromatic hydroxyl groups is 1. The maximum Gasteiger partial charge on any atom is 0.277 e. The van der Waals surface area contributed by atoms with Gasteiger partial charge in [-0.3, -0.25) is 4.79 Å². The van der Waals surface area contributed by atoms with E-state index < -0.39 is 5.91 Å². The summed E-state index contributed by atoms with van der Waals surface area (Å²) >= 11 is 0. The van der Waals surface area contributed by atoms with E-state index in [9.17, 15) is 9.90 Å². The van der Waals surface area contributed by atoms with Crippen LogP contribution in [0.25, 0.3) is 0 Å². The molecule has 0 atom stereocenters. The largest absolute Gasteiger partial charge is 0.504 e. The predicted octanol–water partition coefficient (Wildman–Crippen LogP) is 3.05. The molecule has 0 aliphatic heterocycles. The third kappa shape index (κ3) is 4.97. The van der Waals surface area contributed by atoms with E-state index in [0.717, 1.165) is 5.56 Å². The average molecular weight is 342 g/mol. The van der Waals surface area contributed by atoms with Crippen LogP contribution in [-0.4, -0.2) is 30.9 Å². The molecule has 2 N–H and O–H groups in total. The summed E-state index contributed by atoms with van der Waals surface area (Å²) in [5, 5.41) is 13.8. The Kier molecular flexibility index (Phi) is 6.39. The van der Waals surface area contributed by atoms with Gasteiger partial charge in [0.25, 0.3) is 5.91 Å². The van der Waals surface area contributed by atoms with Crippen LogP contribution in [0.1, 0.15) is 30.9 Å². The summed E-state index contributed by atoms with van der Waals surface area (Å²) in [4.78, 5) is 11.9. The minimum atomic E-state index is -0.391. The minimum Gasteiger partial charge on any atom is -0.504 e. The van der Waals surface area contributed by atoms with Crippen LogP contribution < -0.4 is 14.9 Å². The van der Waals surface area contributed by atoms with Gasteiger partial charge in [-0.25, -0.2) is 5.43 Å². The van der Waals surface area contributed by atoms with Gasteiger partial charge in [-0.2, -0.15) is 5.10 Å². The Balaban J connectivity index is 1.91. The van der Waals surface area contributed by atoms with Gasteiger partial charge in [0.1, 0.15) is 5.75 Å². The number of hydrogen-bond donors (Lipinski definition) is 2. The van der Waals surface area contributed by atoms with Crippen LogP contribution in [0.3, 0.4) is 0 Å². The first kappa shape index (κ1) is 18.3. The molecule has 0 aromatic heterocycles. The van der Waals surface area contributed by atoms with Crippen molar-refractivity contribution in [3.05, 3.63) is 53.6 Å². The molecular formula is C19H22N2O4. The molecule has 0 fully saturated rings. The molecule has 0 heterocycles. The molecule has 0 radical (unpaired) electrons. The second-order valence-electron chi connectivity index (χ2n) is 5.67. The Morgan fingerprint density at radius 3 is 2.64 bits per heavy atom. The van der Waals surface area contributed by atoms with Crippen LogP contribution in [0, 0.1) is 0 Å². The second-order valence-corrected chi connectivity index (χ2v) is 5.67. The number of amides is 1. The molecule has 2 rings (SSSR count). The Morgan fingerprint density at radius 1 is 1.20 bits per heavy atom. The minimum absolute atomic E-state index is 0.0369. The summed E-state index contributed by atoms with van der Waals surface area (Å²) in [5.41, 5.74) is 3.85. The van der Waals surface area contributed by atoms with Crippen LogP contribution in [0.5, 0.6) is 17.2 Å². The first-order valence-corrected chi connectivity index (χ1v) is 7.92. The number of methoxy groups -OCH3 is 1. The van der Waals surface area contributed by atoms with E-state index >= 15 is 0 Å². The highest BCUT2D eigenvalue weighted by Gasteiger charge is 2.09. The fourth-order valence-electron chi connectivity index (χ4n) is 2.25. The van der Waals surface area contributed by atoms with E-state index in [1.165, 1.54) is 13.3 Å². The number of hydrazone groups is 1. The van der Waals surface area contributed by atoms with Gasteiger partial charge in [-0.05, 0) is 29.7 Å². The third-order valence-electron chi connectivity index (χ3n) is 3.54. The standard InChI is InChI=1S/C19H22N2O4/c1-13(2)15-8-4-5-9-16(15)25-12-18(22)21-20-11-14-7-6-10-17(24-3)19(14)23/h4-11,13,23H,12H2,1-3H3,(H,21,22)/b20-11-. The van der Waals surface area contributed by atoms with Gasteiger partial charge in [0.15, 0.2) is 18.1 Å². The van der Waals surface area contributed by atoms with Crippen molar-refractivity contribution >= 4 is 12.1 Å². The number of nitrogens with zero attached hydrogens (tertiary/aromatic N) is 1. The molecule has 2 aromatic rings. The Labute approximate surface area is 147 Å². The number of carbonyl (C=O) groups is 1. The van der Waals surface area contributed by atoms with Gasteiger partial charge in [-0.15, -0.1) is 0 Å². The summed E-state index contributed by atoms with van der Waals surface area (Å²) in [5.74, 6) is 0.890. The normalized spacial score (nSPS) is 10.9. The zero-order valence-electron chi connectivity index (χ0n) is 14.5. The SMILES string of the molecule is COc1cccc(/C=N\NC(=O)COc2ccccc2C(C)C)c1O. The maximum atomic E-state index is 11.9. The molecule has 0 saturated heterocycles. The first-order valence-electron chi connectivity index (χ1n) is 7.92. The molecule has 2 aromatic carbocycles. The highest BCUT2D eigenvalue weighted by molar-refractivity contribution is 5.86. The van der Waals surface area contributed by atoms with Crippen molar-refractivity contribution in [2.24, 2.45) is 5.10 Å². The lowest BCUT2D eigenvalue weighted by atomic mass is 10.0. The fourth-order valence-corrected chi connectivity index (χ4v) is 2.25. The monoisotopic (exact) mass is 342 g/mol. The van der Waals surface area contributed by atoms with Gasteiger partial charge < -0.3 is 14.6 Å². The molecule has 0 spiro atoms. The number of para-hydroxylation sites is 2. The summed E-state index contributed by atoms with van der Waals surface area (Å²) in [6, 6.07) is 12.6. The third-order valence-corrected chi connectivity index (χ3v) is 3.54. The van der Waals surface area contributed by atoms with E-state index in [0.29, 0.717) is 23.0 Å². The van der Waals surface area contributed by atoms with Crippen molar-refractivity contribution in [1.82, 2.24) is 5.43 Å². The number of benzene rings is 2. The predicted molar refractivity (Wildman–Crippen MR) is 96.4 cm³/mol. The van der Waals surface area contributed by atoms with Gasteiger partial charge in [0, 0.05) is 5.56 Å². The van der Waals surface area contributed by atoms with Crippen molar-refractivity contribution in [2.45, 2.75) is 19.8 Å². The van der Waals surface area contributed by atoms with E-state index in [2.05, 4.69) is 24.4 Å². The van der Waals surface area contributed by atoms with E-state index in [4.69, 9.17) is 9.47 Å². The molecule has 6 heteroatoms. The topological polar surface area (TPSA) is 80.2 Å². The lowest BCUT2D eigenvalue weighted by Crippen LogP contribution is -2.24. The number of ether oxygens (including phenoxy) is 2. The molecule has 6 nitrogen and oxygen atoms in total. The number of phenols is 1. The Morgan fingerprint density at radius 2 is 1.92 bits per heavy atom. The van der Waals surface area contributed by atoms with E-state index in [1.54, 1.807) is 18.2 Å². The Bertz CT molecular complexity index is 757. The van der Waals surface area contributed by atoms with Crippen molar-refractivity contribution in [2.75, 3.05) is 13.7 Å². The van der Waals surface area contributed by atoms with Crippen LogP contribution in [0.15, 0.2) is 47.6 Å². The van der Waals surface area contributed by atoms with Crippen LogP contribution >= 0.6 is 0 Å². The lowest BCUT2D eigenvalue weighted by molar-refractivity contribution is -0.123. The summed E-state index contributed by atoms with van der Waals surface area (Å²) in [6.07, 6.45) is 1.35. The Hall–Kier alpha value is -3.02. The molecule has 1 amide bonds. The van der Waals surface area contributed by atoms with E-state index in [-0.39, 0.29) is 12.4 Å². The molecule has 132 valence electrons. The number of nitrogens with one attached hydrogen (secondary N) is 1. The summed E-state index contributed by atoms with van der Waals surface area (Å²) < 4.78 is 10.6. The van der Waals surface area contributed by atoms with Gasteiger partial charge in [0.2, 0.25) is 0 Å². The van der Waals surface area contributed by atoms with Crippen molar-refractivity contribution < 1.29 is 19.4 Å². The van der Waals surface area contributed by atoms with E-state index in [1.807, 2.05) is 24.3 Å². The molecular weight excluding hydrogens is 320 g/mol. The van der Waals surface area contributed by atoms with Gasteiger partial charge >= 0.3 is 0 Å². The molecule has 0 saturated carbocycles. The highest BCUT2D eigenvalue weighted by atomic mass is 16.5. The zero-order chi connectivity index (χ0) is 18.2. The van der Waals surface area contributed by atoms with Crippen LogP contribution in [0.2, 0.25) is 0 Å². The van der Waals surface area contributed by atoms with Gasteiger partial charge in [-0.1, -0.05) is 38.1 Å². The number of rotatable bonds is 7. The lowest BCUT2D eigenvalue weighted by Gasteiger charge is -2.13. The number of hydrogen-bond acceptors (Lipinski definition) is 5. The molecule has 0 bridgehead atoms. The zero-order valence-corrected chi connectivity index (χ0v) is 14.5. The number of carbonyl (C=O) groups excluding carboxylic acids is 1. The van der Waals surface area contributed by atoms with Gasteiger partial charge in [0.05, 0.1) is 13.3 Å².